The Morgan fingerprint density at radius 2 is 1.74 bits per heavy atom. The highest BCUT2D eigenvalue weighted by molar-refractivity contribution is 6.05. The molecular formula is C16H13N3O4. The van der Waals surface area contributed by atoms with Crippen molar-refractivity contribution in [1.29, 1.82) is 0 Å². The standard InChI is InChI=1S/C16H13N3O4/c1-23-11-4-2-3-9(7-11)14(20)17-10-5-6-12-13(8-10)16(22)19-18-15(12)21/h2-8H,1H3,(H,17,20)(H,18,21)(H,19,22). The molecule has 1 heterocycles. The number of carbonyl (C=O) groups is 1. The number of ether oxygens (including phenoxy) is 1. The molecule has 0 radical (unpaired) electrons. The van der Waals surface area contributed by atoms with E-state index >= 15 is 0 Å². The molecule has 1 amide bonds. The van der Waals surface area contributed by atoms with Crippen molar-refractivity contribution in [1.82, 2.24) is 10.2 Å². The van der Waals surface area contributed by atoms with Gasteiger partial charge in [0, 0.05) is 11.3 Å². The van der Waals surface area contributed by atoms with Gasteiger partial charge in [-0.3, -0.25) is 24.6 Å². The molecule has 0 aliphatic carbocycles. The third kappa shape index (κ3) is 2.84. The Hall–Kier alpha value is -3.35. The summed E-state index contributed by atoms with van der Waals surface area (Å²) in [5.41, 5.74) is 0.00744. The molecule has 23 heavy (non-hydrogen) atoms. The number of aromatic nitrogens is 2. The number of amides is 1. The summed E-state index contributed by atoms with van der Waals surface area (Å²) in [5.74, 6) is 0.226. The fourth-order valence-corrected chi connectivity index (χ4v) is 2.22. The van der Waals surface area contributed by atoms with Crippen molar-refractivity contribution in [3.05, 3.63) is 68.7 Å². The van der Waals surface area contributed by atoms with Crippen molar-refractivity contribution in [2.75, 3.05) is 12.4 Å². The summed E-state index contributed by atoms with van der Waals surface area (Å²) in [5, 5.41) is 7.65. The highest BCUT2D eigenvalue weighted by Crippen LogP contribution is 2.16. The molecule has 0 unspecified atom stereocenters. The lowest BCUT2D eigenvalue weighted by molar-refractivity contribution is 0.102. The van der Waals surface area contributed by atoms with Crippen LogP contribution < -0.4 is 21.2 Å². The highest BCUT2D eigenvalue weighted by Gasteiger charge is 2.09. The van der Waals surface area contributed by atoms with E-state index in [2.05, 4.69) is 15.5 Å². The lowest BCUT2D eigenvalue weighted by Gasteiger charge is -2.07. The molecule has 0 aliphatic rings. The van der Waals surface area contributed by atoms with Gasteiger partial charge in [0.15, 0.2) is 0 Å². The van der Waals surface area contributed by atoms with Crippen LogP contribution in [0.1, 0.15) is 10.4 Å². The molecule has 0 fully saturated rings. The van der Waals surface area contributed by atoms with Crippen molar-refractivity contribution in [3.8, 4) is 5.75 Å². The molecule has 1 aromatic heterocycles. The fourth-order valence-electron chi connectivity index (χ4n) is 2.22. The van der Waals surface area contributed by atoms with Crippen molar-refractivity contribution < 1.29 is 9.53 Å². The number of fused-ring (bicyclic) bond motifs is 1. The number of carbonyl (C=O) groups excluding carboxylic acids is 1. The fraction of sp³-hybridized carbons (Fsp3) is 0.0625. The van der Waals surface area contributed by atoms with Gasteiger partial charge in [-0.1, -0.05) is 6.07 Å². The molecule has 3 aromatic rings. The molecule has 3 rings (SSSR count). The van der Waals surface area contributed by atoms with Crippen LogP contribution in [0, 0.1) is 0 Å². The van der Waals surface area contributed by atoms with Crippen molar-refractivity contribution >= 4 is 22.4 Å². The molecular weight excluding hydrogens is 298 g/mol. The van der Waals surface area contributed by atoms with Crippen LogP contribution in [0.3, 0.4) is 0 Å². The zero-order chi connectivity index (χ0) is 16.4. The van der Waals surface area contributed by atoms with Crippen molar-refractivity contribution in [2.24, 2.45) is 0 Å². The van der Waals surface area contributed by atoms with E-state index in [1.165, 1.54) is 19.2 Å². The number of hydrogen-bond acceptors (Lipinski definition) is 4. The number of methoxy groups -OCH3 is 1. The normalized spacial score (nSPS) is 10.5. The summed E-state index contributed by atoms with van der Waals surface area (Å²) in [6.45, 7) is 0. The molecule has 116 valence electrons. The lowest BCUT2D eigenvalue weighted by atomic mass is 10.1. The third-order valence-electron chi connectivity index (χ3n) is 3.39. The molecule has 7 nitrogen and oxygen atoms in total. The Morgan fingerprint density at radius 1 is 1.00 bits per heavy atom. The number of aromatic amines is 2. The predicted molar refractivity (Wildman–Crippen MR) is 86.1 cm³/mol. The van der Waals surface area contributed by atoms with Crippen LogP contribution in [0.4, 0.5) is 5.69 Å². The molecule has 7 heteroatoms. The minimum absolute atomic E-state index is 0.206. The van der Waals surface area contributed by atoms with E-state index in [1.54, 1.807) is 30.3 Å². The number of benzene rings is 2. The Bertz CT molecular complexity index is 1000. The van der Waals surface area contributed by atoms with Gasteiger partial charge in [-0.25, -0.2) is 0 Å². The van der Waals surface area contributed by atoms with Crippen LogP contribution in [-0.2, 0) is 0 Å². The third-order valence-corrected chi connectivity index (χ3v) is 3.39. The Balaban J connectivity index is 1.95. The van der Waals surface area contributed by atoms with Crippen molar-refractivity contribution in [3.63, 3.8) is 0 Å². The average Bonchev–Trinajstić information content (AvgIpc) is 2.58. The SMILES string of the molecule is COc1cccc(C(=O)Nc2ccc3c(=O)[nH][nH]c(=O)c3c2)c1. The highest BCUT2D eigenvalue weighted by atomic mass is 16.5. The van der Waals surface area contributed by atoms with Gasteiger partial charge in [-0.15, -0.1) is 0 Å². The van der Waals surface area contributed by atoms with Crippen LogP contribution in [0.5, 0.6) is 5.75 Å². The van der Waals surface area contributed by atoms with Crippen LogP contribution in [0.15, 0.2) is 52.1 Å². The van der Waals surface area contributed by atoms with E-state index in [1.807, 2.05) is 0 Å². The first-order chi connectivity index (χ1) is 11.1. The van der Waals surface area contributed by atoms with Gasteiger partial charge in [0.1, 0.15) is 5.75 Å². The number of H-pyrrole nitrogens is 2. The zero-order valence-electron chi connectivity index (χ0n) is 12.2. The van der Waals surface area contributed by atoms with Crippen LogP contribution >= 0.6 is 0 Å². The van der Waals surface area contributed by atoms with E-state index in [4.69, 9.17) is 4.74 Å². The largest absolute Gasteiger partial charge is 0.497 e. The van der Waals surface area contributed by atoms with Gasteiger partial charge >= 0.3 is 0 Å². The summed E-state index contributed by atoms with van der Waals surface area (Å²) in [6, 6.07) is 11.2. The Labute approximate surface area is 129 Å². The minimum atomic E-state index is -0.433. The second-order valence-electron chi connectivity index (χ2n) is 4.85. The van der Waals surface area contributed by atoms with Gasteiger partial charge < -0.3 is 10.1 Å². The molecule has 3 N–H and O–H groups in total. The molecule has 0 bridgehead atoms. The number of rotatable bonds is 3. The molecule has 0 saturated heterocycles. The molecule has 0 spiro atoms. The van der Waals surface area contributed by atoms with E-state index in [0.717, 1.165) is 0 Å². The smallest absolute Gasteiger partial charge is 0.270 e. The lowest BCUT2D eigenvalue weighted by Crippen LogP contribution is -2.19. The second kappa shape index (κ2) is 5.80. The maximum Gasteiger partial charge on any atom is 0.270 e. The van der Waals surface area contributed by atoms with Crippen LogP contribution in [0.2, 0.25) is 0 Å². The van der Waals surface area contributed by atoms with E-state index in [0.29, 0.717) is 17.0 Å². The maximum atomic E-state index is 12.2. The maximum absolute atomic E-state index is 12.2. The number of nitrogens with one attached hydrogen (secondary N) is 3. The van der Waals surface area contributed by atoms with E-state index < -0.39 is 11.1 Å². The van der Waals surface area contributed by atoms with Gasteiger partial charge in [0.05, 0.1) is 17.9 Å². The monoisotopic (exact) mass is 311 g/mol. The van der Waals surface area contributed by atoms with Gasteiger partial charge in [0.2, 0.25) is 0 Å². The van der Waals surface area contributed by atoms with Crippen molar-refractivity contribution in [2.45, 2.75) is 0 Å². The zero-order valence-corrected chi connectivity index (χ0v) is 12.2. The molecule has 2 aromatic carbocycles. The topological polar surface area (TPSA) is 104 Å². The van der Waals surface area contributed by atoms with Gasteiger partial charge in [0.25, 0.3) is 17.0 Å². The van der Waals surface area contributed by atoms with Crippen LogP contribution in [-0.4, -0.2) is 23.2 Å². The molecule has 0 atom stereocenters. The summed E-state index contributed by atoms with van der Waals surface area (Å²) in [6.07, 6.45) is 0. The first-order valence-electron chi connectivity index (χ1n) is 6.78. The first kappa shape index (κ1) is 14.6. The Morgan fingerprint density at radius 3 is 2.48 bits per heavy atom. The average molecular weight is 311 g/mol. The molecule has 0 saturated carbocycles. The summed E-state index contributed by atoms with van der Waals surface area (Å²) < 4.78 is 5.08. The van der Waals surface area contributed by atoms with E-state index in [9.17, 15) is 14.4 Å². The number of anilines is 1. The predicted octanol–water partition coefficient (Wildman–Crippen LogP) is 1.48. The quantitative estimate of drug-likeness (QED) is 0.681. The molecule has 0 aliphatic heterocycles. The second-order valence-corrected chi connectivity index (χ2v) is 4.85. The van der Waals surface area contributed by atoms with E-state index in [-0.39, 0.29) is 16.7 Å². The summed E-state index contributed by atoms with van der Waals surface area (Å²) >= 11 is 0. The number of hydrogen-bond donors (Lipinski definition) is 3. The Kier molecular flexibility index (Phi) is 3.68. The summed E-state index contributed by atoms with van der Waals surface area (Å²) in [4.78, 5) is 35.6. The first-order valence-corrected chi connectivity index (χ1v) is 6.78. The summed E-state index contributed by atoms with van der Waals surface area (Å²) in [7, 11) is 1.52. The van der Waals surface area contributed by atoms with Crippen LogP contribution in [0.25, 0.3) is 10.8 Å². The minimum Gasteiger partial charge on any atom is -0.497 e. The van der Waals surface area contributed by atoms with Gasteiger partial charge in [-0.2, -0.15) is 0 Å². The van der Waals surface area contributed by atoms with Gasteiger partial charge in [-0.05, 0) is 36.4 Å².